The van der Waals surface area contributed by atoms with Crippen LogP contribution in [0.2, 0.25) is 0 Å². The summed E-state index contributed by atoms with van der Waals surface area (Å²) in [5.74, 6) is -0.487. The summed E-state index contributed by atoms with van der Waals surface area (Å²) < 4.78 is 23.6. The number of nitrogens with zero attached hydrogens (tertiary/aromatic N) is 3. The third-order valence-corrected chi connectivity index (χ3v) is 5.99. The van der Waals surface area contributed by atoms with Gasteiger partial charge in [-0.3, -0.25) is 14.8 Å². The van der Waals surface area contributed by atoms with Gasteiger partial charge in [-0.1, -0.05) is 0 Å². The average molecular weight is 390 g/mol. The Morgan fingerprint density at radius 2 is 2.04 bits per heavy atom. The topological polar surface area (TPSA) is 126 Å². The standard InChI is InChI=1S/C18H22N4O4S/c1-11-5-13(7-17(12(11)2)27(19,25)26)18(24)22-9-14(16(23)10-22)6-15-8-20-3-4-21-15/h3-5,7-8,14,16,23H,6,9-10H2,1-2H3,(H2,19,25,26)/t14-,16-/m1/s1. The minimum atomic E-state index is -3.93. The molecule has 1 saturated heterocycles. The zero-order chi connectivity index (χ0) is 19.8. The molecule has 2 heterocycles. The number of hydrogen-bond acceptors (Lipinski definition) is 6. The Hall–Kier alpha value is -2.36. The van der Waals surface area contributed by atoms with E-state index in [1.807, 2.05) is 0 Å². The number of nitrogens with two attached hydrogens (primary N) is 1. The van der Waals surface area contributed by atoms with Gasteiger partial charge >= 0.3 is 0 Å². The van der Waals surface area contributed by atoms with Gasteiger partial charge in [-0.2, -0.15) is 0 Å². The first-order valence-electron chi connectivity index (χ1n) is 8.53. The fraction of sp³-hybridized carbons (Fsp3) is 0.389. The molecule has 3 N–H and O–H groups in total. The first-order valence-corrected chi connectivity index (χ1v) is 10.1. The number of β-amino-alcohol motifs (C(OH)–C–C–N with tert-alkyl or cyclic N) is 1. The maximum absolute atomic E-state index is 12.9. The summed E-state index contributed by atoms with van der Waals surface area (Å²) in [4.78, 5) is 22.6. The Kier molecular flexibility index (Phi) is 5.27. The highest BCUT2D eigenvalue weighted by atomic mass is 32.2. The average Bonchev–Trinajstić information content (AvgIpc) is 2.97. The highest BCUT2D eigenvalue weighted by Crippen LogP contribution is 2.25. The van der Waals surface area contributed by atoms with Crippen LogP contribution in [-0.2, 0) is 16.4 Å². The highest BCUT2D eigenvalue weighted by Gasteiger charge is 2.35. The third-order valence-electron chi connectivity index (χ3n) is 4.95. The first kappa shape index (κ1) is 19.4. The second-order valence-electron chi connectivity index (χ2n) is 6.90. The lowest BCUT2D eigenvalue weighted by Gasteiger charge is -2.18. The molecule has 0 spiro atoms. The number of likely N-dealkylation sites (tertiary alicyclic amines) is 1. The molecule has 0 radical (unpaired) electrons. The van der Waals surface area contributed by atoms with Crippen molar-refractivity contribution in [2.45, 2.75) is 31.3 Å². The number of aryl methyl sites for hydroxylation is 1. The molecule has 9 heteroatoms. The van der Waals surface area contributed by atoms with Crippen molar-refractivity contribution in [1.29, 1.82) is 0 Å². The minimum Gasteiger partial charge on any atom is -0.391 e. The van der Waals surface area contributed by atoms with Crippen molar-refractivity contribution in [3.63, 3.8) is 0 Å². The van der Waals surface area contributed by atoms with Crippen LogP contribution in [0.1, 0.15) is 27.2 Å². The molecule has 2 aromatic rings. The van der Waals surface area contributed by atoms with E-state index in [2.05, 4.69) is 9.97 Å². The van der Waals surface area contributed by atoms with E-state index in [1.54, 1.807) is 38.5 Å². The van der Waals surface area contributed by atoms with Gasteiger partial charge < -0.3 is 10.0 Å². The molecule has 1 aliphatic heterocycles. The number of primary sulfonamides is 1. The van der Waals surface area contributed by atoms with E-state index in [1.165, 1.54) is 11.0 Å². The van der Waals surface area contributed by atoms with Crippen molar-refractivity contribution in [3.05, 3.63) is 53.1 Å². The molecule has 0 unspecified atom stereocenters. The molecule has 1 aliphatic rings. The number of amides is 1. The van der Waals surface area contributed by atoms with Crippen LogP contribution in [0.3, 0.4) is 0 Å². The molecule has 1 aromatic heterocycles. The van der Waals surface area contributed by atoms with E-state index in [0.29, 0.717) is 24.1 Å². The van der Waals surface area contributed by atoms with Crippen molar-refractivity contribution in [1.82, 2.24) is 14.9 Å². The van der Waals surface area contributed by atoms with Crippen LogP contribution in [0.25, 0.3) is 0 Å². The number of aromatic nitrogens is 2. The van der Waals surface area contributed by atoms with Crippen LogP contribution in [0.15, 0.2) is 35.6 Å². The third kappa shape index (κ3) is 4.15. The number of aliphatic hydroxyl groups is 1. The maximum Gasteiger partial charge on any atom is 0.254 e. The van der Waals surface area contributed by atoms with E-state index < -0.39 is 16.1 Å². The van der Waals surface area contributed by atoms with Crippen LogP contribution >= 0.6 is 0 Å². The lowest BCUT2D eigenvalue weighted by molar-refractivity contribution is 0.0764. The molecule has 1 fully saturated rings. The van der Waals surface area contributed by atoms with Gasteiger partial charge in [-0.15, -0.1) is 0 Å². The fourth-order valence-electron chi connectivity index (χ4n) is 3.35. The van der Waals surface area contributed by atoms with E-state index in [9.17, 15) is 18.3 Å². The number of rotatable bonds is 4. The van der Waals surface area contributed by atoms with E-state index in [-0.39, 0.29) is 28.8 Å². The Morgan fingerprint density at radius 1 is 1.30 bits per heavy atom. The predicted molar refractivity (Wildman–Crippen MR) is 98.4 cm³/mol. The van der Waals surface area contributed by atoms with Crippen molar-refractivity contribution >= 4 is 15.9 Å². The van der Waals surface area contributed by atoms with Gasteiger partial charge in [0.2, 0.25) is 10.0 Å². The largest absolute Gasteiger partial charge is 0.391 e. The molecule has 8 nitrogen and oxygen atoms in total. The van der Waals surface area contributed by atoms with Gasteiger partial charge in [0.25, 0.3) is 5.91 Å². The molecule has 1 aromatic carbocycles. The van der Waals surface area contributed by atoms with Gasteiger partial charge in [-0.25, -0.2) is 13.6 Å². The smallest absolute Gasteiger partial charge is 0.254 e. The van der Waals surface area contributed by atoms with Gasteiger partial charge in [0.1, 0.15) is 0 Å². The van der Waals surface area contributed by atoms with Crippen LogP contribution in [-0.4, -0.2) is 53.5 Å². The molecule has 2 atom stereocenters. The summed E-state index contributed by atoms with van der Waals surface area (Å²) in [6, 6.07) is 2.96. The molecule has 3 rings (SSSR count). The van der Waals surface area contributed by atoms with E-state index >= 15 is 0 Å². The summed E-state index contributed by atoms with van der Waals surface area (Å²) in [5.41, 5.74) is 2.18. The van der Waals surface area contributed by atoms with Gasteiger partial charge in [0.05, 0.1) is 16.7 Å². The zero-order valence-electron chi connectivity index (χ0n) is 15.2. The number of carbonyl (C=O) groups excluding carboxylic acids is 1. The Morgan fingerprint density at radius 3 is 2.67 bits per heavy atom. The summed E-state index contributed by atoms with van der Waals surface area (Å²) in [5, 5.41) is 15.6. The van der Waals surface area contributed by atoms with Gasteiger partial charge in [-0.05, 0) is 43.5 Å². The van der Waals surface area contributed by atoms with Crippen molar-refractivity contribution in [3.8, 4) is 0 Å². The number of benzene rings is 1. The Labute approximate surface area is 158 Å². The summed E-state index contributed by atoms with van der Waals surface area (Å²) in [6.07, 6.45) is 4.63. The molecular formula is C18H22N4O4S. The fourth-order valence-corrected chi connectivity index (χ4v) is 4.23. The lowest BCUT2D eigenvalue weighted by atomic mass is 10.0. The minimum absolute atomic E-state index is 0.0540. The van der Waals surface area contributed by atoms with Crippen LogP contribution < -0.4 is 5.14 Å². The number of sulfonamides is 1. The first-order chi connectivity index (χ1) is 12.7. The van der Waals surface area contributed by atoms with Crippen LogP contribution in [0.5, 0.6) is 0 Å². The van der Waals surface area contributed by atoms with Crippen molar-refractivity contribution in [2.75, 3.05) is 13.1 Å². The molecular weight excluding hydrogens is 368 g/mol. The quantitative estimate of drug-likeness (QED) is 0.779. The number of carbonyl (C=O) groups is 1. The second kappa shape index (κ2) is 7.34. The maximum atomic E-state index is 12.9. The van der Waals surface area contributed by atoms with E-state index in [4.69, 9.17) is 5.14 Å². The number of aliphatic hydroxyl groups excluding tert-OH is 1. The summed E-state index contributed by atoms with van der Waals surface area (Å²) >= 11 is 0. The lowest BCUT2D eigenvalue weighted by Crippen LogP contribution is -2.30. The summed E-state index contributed by atoms with van der Waals surface area (Å²) in [6.45, 7) is 3.92. The second-order valence-corrected chi connectivity index (χ2v) is 8.43. The van der Waals surface area contributed by atoms with Crippen LogP contribution in [0, 0.1) is 19.8 Å². The number of hydrogen-bond donors (Lipinski definition) is 2. The predicted octanol–water partition coefficient (Wildman–Crippen LogP) is 0.416. The Bertz CT molecular complexity index is 963. The summed E-state index contributed by atoms with van der Waals surface area (Å²) in [7, 11) is -3.93. The van der Waals surface area contributed by atoms with Gasteiger partial charge in [0.15, 0.2) is 0 Å². The Balaban J connectivity index is 1.82. The van der Waals surface area contributed by atoms with Crippen LogP contribution in [0.4, 0.5) is 0 Å². The molecule has 27 heavy (non-hydrogen) atoms. The monoisotopic (exact) mass is 390 g/mol. The van der Waals surface area contributed by atoms with Crippen molar-refractivity contribution < 1.29 is 18.3 Å². The molecule has 0 aliphatic carbocycles. The zero-order valence-corrected chi connectivity index (χ0v) is 16.0. The van der Waals surface area contributed by atoms with E-state index in [0.717, 1.165) is 5.69 Å². The molecule has 0 saturated carbocycles. The van der Waals surface area contributed by atoms with Crippen molar-refractivity contribution in [2.24, 2.45) is 11.1 Å². The molecule has 1 amide bonds. The SMILES string of the molecule is Cc1cc(C(=O)N2C[C@@H](Cc3cnccn3)[C@H](O)C2)cc(S(N)(=O)=O)c1C. The molecule has 144 valence electrons. The highest BCUT2D eigenvalue weighted by molar-refractivity contribution is 7.89. The normalized spacial score (nSPS) is 20.1. The van der Waals surface area contributed by atoms with Gasteiger partial charge in [0, 0.05) is 43.2 Å². The molecule has 0 bridgehead atoms.